The standard InChI is InChI=1S/C32H34N4O3/c1-22-26(27-10-5-6-11-29(27)36(22)25-8-3-2-4-9-25)16-17-33-30(37)14-15-31(38)34-19-23-18-24(21-34)28-12-7-13-32(39)35(28)20-23/h2-13,23-24H,14-21H2,1H3,(H,33,37). The number of piperidine rings is 1. The summed E-state index contributed by atoms with van der Waals surface area (Å²) in [5.41, 5.74) is 5.75. The molecule has 2 aliphatic heterocycles. The lowest BCUT2D eigenvalue weighted by Gasteiger charge is -2.42. The van der Waals surface area contributed by atoms with Crippen molar-refractivity contribution in [3.8, 4) is 5.69 Å². The van der Waals surface area contributed by atoms with E-state index in [1.54, 1.807) is 12.1 Å². The SMILES string of the molecule is Cc1c(CCNC(=O)CCC(=O)N2CC3CC(C2)c2cccc(=O)n2C3)c2ccccc2n1-c1ccccc1. The summed E-state index contributed by atoms with van der Waals surface area (Å²) in [6, 6.07) is 24.1. The lowest BCUT2D eigenvalue weighted by atomic mass is 9.83. The molecule has 4 aromatic rings. The van der Waals surface area contributed by atoms with Crippen LogP contribution in [0.15, 0.2) is 77.6 Å². The molecule has 0 radical (unpaired) electrons. The minimum atomic E-state index is -0.0955. The largest absolute Gasteiger partial charge is 0.356 e. The monoisotopic (exact) mass is 522 g/mol. The van der Waals surface area contributed by atoms with Gasteiger partial charge < -0.3 is 19.4 Å². The van der Waals surface area contributed by atoms with Gasteiger partial charge in [-0.25, -0.2) is 0 Å². The van der Waals surface area contributed by atoms with E-state index in [2.05, 4.69) is 53.2 Å². The van der Waals surface area contributed by atoms with Gasteiger partial charge in [-0.05, 0) is 55.5 Å². The fourth-order valence-electron chi connectivity index (χ4n) is 6.55. The zero-order valence-corrected chi connectivity index (χ0v) is 22.3. The van der Waals surface area contributed by atoms with Crippen molar-refractivity contribution in [2.45, 2.75) is 45.1 Å². The van der Waals surface area contributed by atoms with E-state index in [0.29, 0.717) is 26.2 Å². The second-order valence-corrected chi connectivity index (χ2v) is 10.8. The molecule has 0 saturated carbocycles. The third-order valence-corrected chi connectivity index (χ3v) is 8.35. The average molecular weight is 523 g/mol. The van der Waals surface area contributed by atoms with Crippen molar-refractivity contribution < 1.29 is 9.59 Å². The maximum atomic E-state index is 13.0. The molecule has 2 bridgehead atoms. The summed E-state index contributed by atoms with van der Waals surface area (Å²) >= 11 is 0. The molecular weight excluding hydrogens is 488 g/mol. The second-order valence-electron chi connectivity index (χ2n) is 10.8. The van der Waals surface area contributed by atoms with Crippen LogP contribution < -0.4 is 10.9 Å². The number of aromatic nitrogens is 2. The minimum Gasteiger partial charge on any atom is -0.356 e. The van der Waals surface area contributed by atoms with E-state index in [4.69, 9.17) is 0 Å². The first kappa shape index (κ1) is 25.2. The highest BCUT2D eigenvalue weighted by molar-refractivity contribution is 5.87. The zero-order chi connectivity index (χ0) is 26.9. The van der Waals surface area contributed by atoms with E-state index in [-0.39, 0.29) is 42.1 Å². The summed E-state index contributed by atoms with van der Waals surface area (Å²) in [5.74, 6) is 0.399. The van der Waals surface area contributed by atoms with Crippen LogP contribution in [-0.2, 0) is 22.6 Å². The van der Waals surface area contributed by atoms with Crippen LogP contribution in [0.25, 0.3) is 16.6 Å². The smallest absolute Gasteiger partial charge is 0.250 e. The molecule has 39 heavy (non-hydrogen) atoms. The molecule has 0 spiro atoms. The summed E-state index contributed by atoms with van der Waals surface area (Å²) in [5, 5.41) is 4.23. The van der Waals surface area contributed by atoms with Crippen LogP contribution in [0.3, 0.4) is 0 Å². The van der Waals surface area contributed by atoms with Gasteiger partial charge in [0, 0.05) is 73.5 Å². The normalized spacial score (nSPS) is 18.1. The molecule has 2 unspecified atom stereocenters. The summed E-state index contributed by atoms with van der Waals surface area (Å²) in [6.07, 6.45) is 2.12. The fraction of sp³-hybridized carbons (Fsp3) is 0.344. The number of pyridine rings is 1. The molecule has 1 saturated heterocycles. The van der Waals surface area contributed by atoms with Gasteiger partial charge in [-0.1, -0.05) is 42.5 Å². The van der Waals surface area contributed by atoms with Gasteiger partial charge in [-0.3, -0.25) is 14.4 Å². The first-order chi connectivity index (χ1) is 19.0. The van der Waals surface area contributed by atoms with Crippen LogP contribution in [-0.4, -0.2) is 45.5 Å². The predicted molar refractivity (Wildman–Crippen MR) is 152 cm³/mol. The summed E-state index contributed by atoms with van der Waals surface area (Å²) in [7, 11) is 0. The number of carbonyl (C=O) groups is 2. The van der Waals surface area contributed by atoms with Gasteiger partial charge in [-0.15, -0.1) is 0 Å². The topological polar surface area (TPSA) is 76.3 Å². The van der Waals surface area contributed by atoms with E-state index in [1.165, 1.54) is 16.6 Å². The number of amides is 2. The second kappa shape index (κ2) is 10.6. The van der Waals surface area contributed by atoms with Crippen molar-refractivity contribution in [2.24, 2.45) is 5.92 Å². The van der Waals surface area contributed by atoms with Crippen LogP contribution in [0.5, 0.6) is 0 Å². The van der Waals surface area contributed by atoms with Crippen molar-refractivity contribution in [1.82, 2.24) is 19.4 Å². The fourth-order valence-corrected chi connectivity index (χ4v) is 6.55. The summed E-state index contributed by atoms with van der Waals surface area (Å²) < 4.78 is 4.14. The lowest BCUT2D eigenvalue weighted by Crippen LogP contribution is -2.49. The van der Waals surface area contributed by atoms with Crippen LogP contribution in [0, 0.1) is 12.8 Å². The Morgan fingerprint density at radius 2 is 1.69 bits per heavy atom. The van der Waals surface area contributed by atoms with Gasteiger partial charge in [0.1, 0.15) is 0 Å². The number of hydrogen-bond donors (Lipinski definition) is 1. The van der Waals surface area contributed by atoms with Gasteiger partial charge in [0.25, 0.3) is 5.56 Å². The molecule has 2 atom stereocenters. The number of para-hydroxylation sites is 2. The molecular formula is C32H34N4O3. The maximum absolute atomic E-state index is 13.0. The molecule has 6 rings (SSSR count). The first-order valence-corrected chi connectivity index (χ1v) is 13.9. The predicted octanol–water partition coefficient (Wildman–Crippen LogP) is 4.19. The molecule has 7 heteroatoms. The van der Waals surface area contributed by atoms with Gasteiger partial charge in [-0.2, -0.15) is 0 Å². The van der Waals surface area contributed by atoms with Gasteiger partial charge in [0.2, 0.25) is 11.8 Å². The van der Waals surface area contributed by atoms with Crippen LogP contribution >= 0.6 is 0 Å². The van der Waals surface area contributed by atoms with Crippen LogP contribution in [0.2, 0.25) is 0 Å². The number of fused-ring (bicyclic) bond motifs is 5. The molecule has 200 valence electrons. The third-order valence-electron chi connectivity index (χ3n) is 8.35. The van der Waals surface area contributed by atoms with E-state index in [0.717, 1.165) is 29.7 Å². The van der Waals surface area contributed by atoms with Gasteiger partial charge >= 0.3 is 0 Å². The van der Waals surface area contributed by atoms with Crippen molar-refractivity contribution in [3.05, 3.63) is 100 Å². The van der Waals surface area contributed by atoms with Crippen molar-refractivity contribution >= 4 is 22.7 Å². The number of carbonyl (C=O) groups excluding carboxylic acids is 2. The number of likely N-dealkylation sites (tertiary alicyclic amines) is 1. The van der Waals surface area contributed by atoms with Crippen molar-refractivity contribution in [1.29, 1.82) is 0 Å². The van der Waals surface area contributed by atoms with Gasteiger partial charge in [0.05, 0.1) is 5.52 Å². The van der Waals surface area contributed by atoms with Gasteiger partial charge in [0.15, 0.2) is 0 Å². The Morgan fingerprint density at radius 1 is 0.897 bits per heavy atom. The van der Waals surface area contributed by atoms with Crippen molar-refractivity contribution in [3.63, 3.8) is 0 Å². The van der Waals surface area contributed by atoms with Crippen LogP contribution in [0.1, 0.15) is 42.1 Å². The van der Waals surface area contributed by atoms with Crippen molar-refractivity contribution in [2.75, 3.05) is 19.6 Å². The number of nitrogens with zero attached hydrogens (tertiary/aromatic N) is 3. The van der Waals surface area contributed by atoms with E-state index >= 15 is 0 Å². The van der Waals surface area contributed by atoms with E-state index in [9.17, 15) is 14.4 Å². The first-order valence-electron chi connectivity index (χ1n) is 13.9. The molecule has 2 amide bonds. The highest BCUT2D eigenvalue weighted by atomic mass is 16.2. The third kappa shape index (κ3) is 4.89. The Balaban J connectivity index is 1.05. The molecule has 7 nitrogen and oxygen atoms in total. The highest BCUT2D eigenvalue weighted by Gasteiger charge is 2.36. The molecule has 2 aromatic heterocycles. The molecule has 2 aromatic carbocycles. The molecule has 4 heterocycles. The molecule has 1 fully saturated rings. The highest BCUT2D eigenvalue weighted by Crippen LogP contribution is 2.35. The average Bonchev–Trinajstić information content (AvgIpc) is 3.23. The molecule has 0 aliphatic carbocycles. The summed E-state index contributed by atoms with van der Waals surface area (Å²) in [4.78, 5) is 39.8. The Morgan fingerprint density at radius 3 is 2.54 bits per heavy atom. The zero-order valence-electron chi connectivity index (χ0n) is 22.3. The Hall–Kier alpha value is -4.13. The number of nitrogens with one attached hydrogen (secondary N) is 1. The Bertz CT molecular complexity index is 1590. The molecule has 2 aliphatic rings. The number of rotatable bonds is 7. The maximum Gasteiger partial charge on any atom is 0.250 e. The minimum absolute atomic E-state index is 0.0216. The number of benzene rings is 2. The quantitative estimate of drug-likeness (QED) is 0.396. The Kier molecular flexibility index (Phi) is 6.81. The van der Waals surface area contributed by atoms with E-state index < -0.39 is 0 Å². The molecule has 1 N–H and O–H groups in total. The van der Waals surface area contributed by atoms with Crippen LogP contribution in [0.4, 0.5) is 0 Å². The van der Waals surface area contributed by atoms with E-state index in [1.807, 2.05) is 33.7 Å². The lowest BCUT2D eigenvalue weighted by molar-refractivity contribution is -0.136. The number of hydrogen-bond acceptors (Lipinski definition) is 3. The summed E-state index contributed by atoms with van der Waals surface area (Å²) in [6.45, 7) is 4.59. The Labute approximate surface area is 228 Å².